The normalized spacial score (nSPS) is 12.0. The summed E-state index contributed by atoms with van der Waals surface area (Å²) in [5, 5.41) is 19.1. The molecule has 0 fully saturated rings. The molecule has 0 spiro atoms. The molecular weight excluding hydrogens is 841 g/mol. The Balaban J connectivity index is 1.22. The Morgan fingerprint density at radius 2 is 0.706 bits per heavy atom. The number of benzene rings is 10. The van der Waals surface area contributed by atoms with Crippen LogP contribution in [0.4, 0.5) is 8.78 Å². The number of halogens is 2. The van der Waals surface area contributed by atoms with Crippen LogP contribution < -0.4 is 0 Å². The van der Waals surface area contributed by atoms with Crippen molar-refractivity contribution in [3.8, 4) is 39.9 Å². The lowest BCUT2D eigenvalue weighted by molar-refractivity contribution is 0.589. The van der Waals surface area contributed by atoms with Gasteiger partial charge < -0.3 is 18.3 Å². The van der Waals surface area contributed by atoms with Gasteiger partial charge in [0, 0.05) is 60.0 Å². The number of aromatic nitrogens is 4. The highest BCUT2D eigenvalue weighted by molar-refractivity contribution is 6.28. The predicted molar refractivity (Wildman–Crippen MR) is 274 cm³/mol. The van der Waals surface area contributed by atoms with Crippen LogP contribution in [0.5, 0.6) is 0 Å². The minimum atomic E-state index is -0.713. The van der Waals surface area contributed by atoms with E-state index in [4.69, 9.17) is 0 Å². The second-order valence-corrected chi connectivity index (χ2v) is 17.4. The SMILES string of the molecule is N#Cc1cc(-n2c3ccccc3c3ccc4c(c5ccccc5n4-c4ccccc4)c32)c(-c2c(F)cccc2F)c(-n2c3ccccc3c3ccc4c(c5ccccc5n4-c4ccccc4)c32)c1. The summed E-state index contributed by atoms with van der Waals surface area (Å²) in [6, 6.07) is 72.5. The molecule has 4 heterocycles. The van der Waals surface area contributed by atoms with Gasteiger partial charge in [0.05, 0.1) is 72.7 Å². The van der Waals surface area contributed by atoms with Gasteiger partial charge in [0.25, 0.3) is 0 Å². The van der Waals surface area contributed by atoms with Gasteiger partial charge in [-0.3, -0.25) is 0 Å². The van der Waals surface area contributed by atoms with Gasteiger partial charge in [-0.25, -0.2) is 8.78 Å². The summed E-state index contributed by atoms with van der Waals surface area (Å²) in [6.07, 6.45) is 0. The van der Waals surface area contributed by atoms with Crippen LogP contribution in [0.25, 0.3) is 121 Å². The first kappa shape index (κ1) is 38.1. The summed E-state index contributed by atoms with van der Waals surface area (Å²) in [4.78, 5) is 0. The topological polar surface area (TPSA) is 43.5 Å². The van der Waals surface area contributed by atoms with Crippen molar-refractivity contribution >= 4 is 87.2 Å². The van der Waals surface area contributed by atoms with E-state index < -0.39 is 11.6 Å². The fourth-order valence-corrected chi connectivity index (χ4v) is 11.3. The highest BCUT2D eigenvalue weighted by Crippen LogP contribution is 2.48. The number of nitriles is 1. The van der Waals surface area contributed by atoms with Crippen LogP contribution in [0, 0.1) is 23.0 Å². The second-order valence-electron chi connectivity index (χ2n) is 17.4. The summed E-state index contributed by atoms with van der Waals surface area (Å²) in [5.74, 6) is -1.43. The molecule has 0 radical (unpaired) electrons. The molecule has 0 saturated heterocycles. The zero-order valence-corrected chi connectivity index (χ0v) is 36.2. The molecule has 14 rings (SSSR count). The van der Waals surface area contributed by atoms with Crippen molar-refractivity contribution in [2.45, 2.75) is 0 Å². The lowest BCUT2D eigenvalue weighted by Gasteiger charge is -2.22. The fraction of sp³-hybridized carbons (Fsp3) is 0. The molecule has 7 heteroatoms. The minimum Gasteiger partial charge on any atom is -0.309 e. The van der Waals surface area contributed by atoms with Crippen molar-refractivity contribution in [2.75, 3.05) is 0 Å². The zero-order chi connectivity index (χ0) is 45.2. The molecule has 0 atom stereocenters. The van der Waals surface area contributed by atoms with Crippen LogP contribution in [-0.2, 0) is 0 Å². The molecule has 4 aromatic heterocycles. The average Bonchev–Trinajstić information content (AvgIpc) is 4.12. The number of hydrogen-bond acceptors (Lipinski definition) is 1. The average molecular weight is 876 g/mol. The lowest BCUT2D eigenvalue weighted by atomic mass is 9.96. The summed E-state index contributed by atoms with van der Waals surface area (Å²) >= 11 is 0. The smallest absolute Gasteiger partial charge is 0.134 e. The van der Waals surface area contributed by atoms with Crippen LogP contribution in [0.1, 0.15) is 5.56 Å². The van der Waals surface area contributed by atoms with E-state index in [1.54, 1.807) is 12.1 Å². The zero-order valence-electron chi connectivity index (χ0n) is 36.2. The quantitative estimate of drug-likeness (QED) is 0.170. The molecule has 0 aliphatic heterocycles. The summed E-state index contributed by atoms with van der Waals surface area (Å²) < 4.78 is 43.2. The molecule has 0 amide bonds. The predicted octanol–water partition coefficient (Wildman–Crippen LogP) is 15.9. The largest absolute Gasteiger partial charge is 0.309 e. The first-order valence-electron chi connectivity index (χ1n) is 22.6. The Kier molecular flexibility index (Phi) is 8.05. The summed E-state index contributed by atoms with van der Waals surface area (Å²) in [7, 11) is 0. The third-order valence-electron chi connectivity index (χ3n) is 13.9. The summed E-state index contributed by atoms with van der Waals surface area (Å²) in [5.41, 5.74) is 10.8. The molecule has 0 saturated carbocycles. The van der Waals surface area contributed by atoms with Gasteiger partial charge in [-0.05, 0) is 84.9 Å². The van der Waals surface area contributed by atoms with Gasteiger partial charge >= 0.3 is 0 Å². The van der Waals surface area contributed by atoms with Crippen LogP contribution >= 0.6 is 0 Å². The van der Waals surface area contributed by atoms with E-state index >= 15 is 8.78 Å². The van der Waals surface area contributed by atoms with E-state index in [9.17, 15) is 5.26 Å². The first-order valence-corrected chi connectivity index (χ1v) is 22.6. The molecule has 0 bridgehead atoms. The number of hydrogen-bond donors (Lipinski definition) is 0. The molecule has 0 aliphatic carbocycles. The van der Waals surface area contributed by atoms with E-state index in [-0.39, 0.29) is 5.56 Å². The van der Waals surface area contributed by atoms with E-state index in [1.807, 2.05) is 60.7 Å². The fourth-order valence-electron chi connectivity index (χ4n) is 11.3. The van der Waals surface area contributed by atoms with E-state index in [0.29, 0.717) is 22.5 Å². The van der Waals surface area contributed by atoms with E-state index in [2.05, 4.69) is 146 Å². The Labute approximate surface area is 387 Å². The van der Waals surface area contributed by atoms with Gasteiger partial charge in [0.1, 0.15) is 11.6 Å². The van der Waals surface area contributed by atoms with Gasteiger partial charge in [0.15, 0.2) is 0 Å². The minimum absolute atomic E-state index is 0.184. The first-order chi connectivity index (χ1) is 33.6. The maximum atomic E-state index is 17.2. The van der Waals surface area contributed by atoms with Crippen molar-refractivity contribution in [2.24, 2.45) is 0 Å². The molecule has 10 aromatic carbocycles. The van der Waals surface area contributed by atoms with E-state index in [1.165, 1.54) is 18.2 Å². The second kappa shape index (κ2) is 14.4. The van der Waals surface area contributed by atoms with Crippen LogP contribution in [-0.4, -0.2) is 18.3 Å². The molecular formula is C61H35F2N5. The van der Waals surface area contributed by atoms with Crippen molar-refractivity contribution in [1.82, 2.24) is 18.3 Å². The van der Waals surface area contributed by atoms with Crippen LogP contribution in [0.2, 0.25) is 0 Å². The molecule has 0 unspecified atom stereocenters. The number of para-hydroxylation sites is 6. The van der Waals surface area contributed by atoms with Gasteiger partial charge in [-0.2, -0.15) is 5.26 Å². The Hall–Kier alpha value is -9.25. The van der Waals surface area contributed by atoms with Crippen LogP contribution in [0.15, 0.2) is 212 Å². The Morgan fingerprint density at radius 3 is 1.13 bits per heavy atom. The van der Waals surface area contributed by atoms with Gasteiger partial charge in [-0.15, -0.1) is 0 Å². The highest BCUT2D eigenvalue weighted by atomic mass is 19.1. The van der Waals surface area contributed by atoms with Crippen molar-refractivity contribution < 1.29 is 8.78 Å². The molecule has 5 nitrogen and oxygen atoms in total. The van der Waals surface area contributed by atoms with Crippen molar-refractivity contribution in [3.63, 3.8) is 0 Å². The molecule has 0 aliphatic rings. The number of rotatable bonds is 5. The Bertz CT molecular complexity index is 4200. The highest BCUT2D eigenvalue weighted by Gasteiger charge is 2.29. The Morgan fingerprint density at radius 1 is 0.324 bits per heavy atom. The molecule has 0 N–H and O–H groups in total. The van der Waals surface area contributed by atoms with Gasteiger partial charge in [-0.1, -0.05) is 127 Å². The van der Waals surface area contributed by atoms with E-state index in [0.717, 1.165) is 98.6 Å². The van der Waals surface area contributed by atoms with Crippen LogP contribution in [0.3, 0.4) is 0 Å². The van der Waals surface area contributed by atoms with Gasteiger partial charge in [0.2, 0.25) is 0 Å². The molecule has 68 heavy (non-hydrogen) atoms. The van der Waals surface area contributed by atoms with Crippen molar-refractivity contribution in [1.29, 1.82) is 5.26 Å². The third kappa shape index (κ3) is 5.17. The lowest BCUT2D eigenvalue weighted by Crippen LogP contribution is -2.07. The molecule has 318 valence electrons. The standard InChI is InChI=1S/C61H35F2N5/c62-46-24-15-25-47(63)58(46)59-54(67-48-26-11-7-20-40(48)42-30-32-52-56(60(42)67)44-22-9-13-28-50(44)65(52)38-16-3-1-4-17-38)34-37(36-64)35-55(59)68-49-27-12-8-21-41(49)43-31-33-53-57(61(43)68)45-23-10-14-29-51(45)66(53)39-18-5-2-6-19-39/h1-35H. The number of fused-ring (bicyclic) bond motifs is 14. The van der Waals surface area contributed by atoms with Crippen molar-refractivity contribution in [3.05, 3.63) is 230 Å². The number of nitrogens with zero attached hydrogens (tertiary/aromatic N) is 5. The molecule has 14 aromatic rings. The maximum Gasteiger partial charge on any atom is 0.134 e. The summed E-state index contributed by atoms with van der Waals surface area (Å²) in [6.45, 7) is 0. The monoisotopic (exact) mass is 875 g/mol. The maximum absolute atomic E-state index is 17.2. The third-order valence-corrected chi connectivity index (χ3v) is 13.9.